The number of hydrogen-bond donors (Lipinski definition) is 1. The summed E-state index contributed by atoms with van der Waals surface area (Å²) in [5.41, 5.74) is 2.31. The lowest BCUT2D eigenvalue weighted by molar-refractivity contribution is -0.119. The molecule has 0 aliphatic heterocycles. The molecule has 128 valence electrons. The molecule has 0 spiro atoms. The number of aromatic hydroxyl groups is 1. The molecule has 2 aromatic rings. The number of carbonyl (C=O) groups excluding carboxylic acids is 1. The molecule has 0 unspecified atom stereocenters. The van der Waals surface area contributed by atoms with Gasteiger partial charge in [-0.15, -0.1) is 0 Å². The third-order valence-corrected chi connectivity index (χ3v) is 4.49. The van der Waals surface area contributed by atoms with E-state index in [2.05, 4.69) is 28.1 Å². The summed E-state index contributed by atoms with van der Waals surface area (Å²) in [7, 11) is 1.54. The Kier molecular flexibility index (Phi) is 7.32. The Labute approximate surface area is 151 Å². The van der Waals surface area contributed by atoms with Crippen molar-refractivity contribution in [2.75, 3.05) is 7.11 Å². The van der Waals surface area contributed by atoms with Crippen LogP contribution in [0.15, 0.2) is 46.9 Å². The summed E-state index contributed by atoms with van der Waals surface area (Å²) in [6.07, 6.45) is 4.76. The van der Waals surface area contributed by atoms with Crippen LogP contribution in [-0.2, 0) is 17.6 Å². The van der Waals surface area contributed by atoms with Crippen LogP contribution in [0.3, 0.4) is 0 Å². The average molecular weight is 391 g/mol. The van der Waals surface area contributed by atoms with Crippen molar-refractivity contribution in [1.29, 1.82) is 0 Å². The van der Waals surface area contributed by atoms with Gasteiger partial charge in [0.2, 0.25) is 0 Å². The van der Waals surface area contributed by atoms with Crippen LogP contribution < -0.4 is 4.74 Å². The number of rotatable bonds is 9. The average Bonchev–Trinajstić information content (AvgIpc) is 2.58. The van der Waals surface area contributed by atoms with Gasteiger partial charge in [-0.25, -0.2) is 0 Å². The van der Waals surface area contributed by atoms with Crippen LogP contribution in [0.25, 0.3) is 0 Å². The smallest absolute Gasteiger partial charge is 0.160 e. The van der Waals surface area contributed by atoms with Crippen LogP contribution in [0, 0.1) is 0 Å². The maximum absolute atomic E-state index is 12.0. The fraction of sp³-hybridized carbons (Fsp3) is 0.350. The molecule has 1 N–H and O–H groups in total. The minimum Gasteiger partial charge on any atom is -0.504 e. The topological polar surface area (TPSA) is 46.5 Å². The van der Waals surface area contributed by atoms with E-state index in [0.29, 0.717) is 24.4 Å². The molecule has 0 saturated heterocycles. The Morgan fingerprint density at radius 1 is 1.04 bits per heavy atom. The first-order valence-electron chi connectivity index (χ1n) is 8.20. The summed E-state index contributed by atoms with van der Waals surface area (Å²) in [6, 6.07) is 13.5. The highest BCUT2D eigenvalue weighted by atomic mass is 79.9. The van der Waals surface area contributed by atoms with Crippen LogP contribution in [0.5, 0.6) is 11.5 Å². The first kappa shape index (κ1) is 18.5. The van der Waals surface area contributed by atoms with Crippen molar-refractivity contribution in [2.45, 2.75) is 38.5 Å². The second-order valence-corrected chi connectivity index (χ2v) is 6.80. The second-order valence-electron chi connectivity index (χ2n) is 5.88. The molecule has 2 aromatic carbocycles. The number of unbranched alkanes of at least 4 members (excludes halogenated alkanes) is 1. The number of phenols is 1. The molecule has 0 radical (unpaired) electrons. The number of benzene rings is 2. The fourth-order valence-electron chi connectivity index (χ4n) is 2.63. The van der Waals surface area contributed by atoms with Crippen LogP contribution in [0.1, 0.15) is 36.8 Å². The van der Waals surface area contributed by atoms with Crippen molar-refractivity contribution in [3.05, 3.63) is 58.1 Å². The maximum atomic E-state index is 12.0. The van der Waals surface area contributed by atoms with Gasteiger partial charge in [-0.1, -0.05) is 34.1 Å². The van der Waals surface area contributed by atoms with Gasteiger partial charge in [-0.3, -0.25) is 4.79 Å². The number of ether oxygens (including phenoxy) is 1. The predicted octanol–water partition coefficient (Wildman–Crippen LogP) is 5.08. The normalized spacial score (nSPS) is 10.6. The van der Waals surface area contributed by atoms with Crippen LogP contribution in [0.2, 0.25) is 0 Å². The summed E-state index contributed by atoms with van der Waals surface area (Å²) in [6.45, 7) is 0. The summed E-state index contributed by atoms with van der Waals surface area (Å²) in [4.78, 5) is 12.0. The number of phenolic OH excluding ortho intramolecular Hbond substituents is 1. The number of halogens is 1. The lowest BCUT2D eigenvalue weighted by atomic mass is 10.0. The Hall–Kier alpha value is -1.81. The molecular formula is C20H23BrO3. The van der Waals surface area contributed by atoms with Gasteiger partial charge in [0.1, 0.15) is 5.78 Å². The summed E-state index contributed by atoms with van der Waals surface area (Å²) in [5, 5.41) is 9.58. The Morgan fingerprint density at radius 3 is 2.58 bits per heavy atom. The molecular weight excluding hydrogens is 368 g/mol. The number of hydrogen-bond acceptors (Lipinski definition) is 3. The van der Waals surface area contributed by atoms with Crippen molar-refractivity contribution in [1.82, 2.24) is 0 Å². The van der Waals surface area contributed by atoms with E-state index in [1.807, 2.05) is 24.3 Å². The van der Waals surface area contributed by atoms with Gasteiger partial charge in [-0.2, -0.15) is 0 Å². The predicted molar refractivity (Wildman–Crippen MR) is 99.7 cm³/mol. The molecule has 3 nitrogen and oxygen atoms in total. The zero-order chi connectivity index (χ0) is 17.4. The van der Waals surface area contributed by atoms with Crippen LogP contribution in [0.4, 0.5) is 0 Å². The molecule has 2 rings (SSSR count). The standard InChI is InChI=1S/C20H23BrO3/c1-24-20-14-16(10-12-19(20)23)5-2-3-8-18(22)11-9-15-6-4-7-17(21)13-15/h4,6-7,10,12-14,23H,2-3,5,8-9,11H2,1H3. The van der Waals surface area contributed by atoms with Crippen LogP contribution >= 0.6 is 15.9 Å². The van der Waals surface area contributed by atoms with E-state index in [-0.39, 0.29) is 5.75 Å². The SMILES string of the molecule is COc1cc(CCCCC(=O)CCc2cccc(Br)c2)ccc1O. The zero-order valence-corrected chi connectivity index (χ0v) is 15.5. The number of carbonyl (C=O) groups is 1. The fourth-order valence-corrected chi connectivity index (χ4v) is 3.08. The molecule has 0 amide bonds. The van der Waals surface area contributed by atoms with Gasteiger partial charge >= 0.3 is 0 Å². The number of methoxy groups -OCH3 is 1. The lowest BCUT2D eigenvalue weighted by Crippen LogP contribution is -2.00. The van der Waals surface area contributed by atoms with E-state index >= 15 is 0 Å². The van der Waals surface area contributed by atoms with E-state index in [1.54, 1.807) is 13.2 Å². The first-order chi connectivity index (χ1) is 11.6. The molecule has 0 atom stereocenters. The summed E-state index contributed by atoms with van der Waals surface area (Å²) >= 11 is 3.45. The maximum Gasteiger partial charge on any atom is 0.160 e. The highest BCUT2D eigenvalue weighted by Crippen LogP contribution is 2.27. The molecule has 0 saturated carbocycles. The van der Waals surface area contributed by atoms with Gasteiger partial charge in [0.15, 0.2) is 11.5 Å². The lowest BCUT2D eigenvalue weighted by Gasteiger charge is -2.07. The highest BCUT2D eigenvalue weighted by Gasteiger charge is 2.05. The minimum atomic E-state index is 0.156. The molecule has 24 heavy (non-hydrogen) atoms. The largest absolute Gasteiger partial charge is 0.504 e. The van der Waals surface area contributed by atoms with Gasteiger partial charge < -0.3 is 9.84 Å². The second kappa shape index (κ2) is 9.48. The molecule has 0 aliphatic carbocycles. The van der Waals surface area contributed by atoms with Crippen molar-refractivity contribution in [3.63, 3.8) is 0 Å². The van der Waals surface area contributed by atoms with Crippen LogP contribution in [-0.4, -0.2) is 18.0 Å². The molecule has 0 fully saturated rings. The van der Waals surface area contributed by atoms with E-state index in [4.69, 9.17) is 4.74 Å². The van der Waals surface area contributed by atoms with Gasteiger partial charge in [0, 0.05) is 17.3 Å². The number of aryl methyl sites for hydroxylation is 2. The van der Waals surface area contributed by atoms with Crippen molar-refractivity contribution >= 4 is 21.7 Å². The minimum absolute atomic E-state index is 0.156. The monoisotopic (exact) mass is 390 g/mol. The van der Waals surface area contributed by atoms with Crippen molar-refractivity contribution < 1.29 is 14.6 Å². The molecule has 0 bridgehead atoms. The molecule has 0 heterocycles. The third-order valence-electron chi connectivity index (χ3n) is 4.00. The van der Waals surface area contributed by atoms with E-state index in [0.717, 1.165) is 35.7 Å². The Bertz CT molecular complexity index is 682. The number of ketones is 1. The van der Waals surface area contributed by atoms with Gasteiger partial charge in [0.05, 0.1) is 7.11 Å². The molecule has 0 aliphatic rings. The van der Waals surface area contributed by atoms with Crippen molar-refractivity contribution in [2.24, 2.45) is 0 Å². The molecule has 4 heteroatoms. The quantitative estimate of drug-likeness (QED) is 0.607. The van der Waals surface area contributed by atoms with Gasteiger partial charge in [-0.05, 0) is 61.1 Å². The summed E-state index contributed by atoms with van der Waals surface area (Å²) < 4.78 is 6.16. The van der Waals surface area contributed by atoms with E-state index in [1.165, 1.54) is 5.56 Å². The number of Topliss-reactive ketones (excluding diaryl/α,β-unsaturated/α-hetero) is 1. The molecule has 0 aromatic heterocycles. The van der Waals surface area contributed by atoms with E-state index in [9.17, 15) is 9.90 Å². The zero-order valence-electron chi connectivity index (χ0n) is 13.9. The first-order valence-corrected chi connectivity index (χ1v) is 9.00. The summed E-state index contributed by atoms with van der Waals surface area (Å²) in [5.74, 6) is 0.972. The Balaban J connectivity index is 1.67. The van der Waals surface area contributed by atoms with Gasteiger partial charge in [0.25, 0.3) is 0 Å². The Morgan fingerprint density at radius 2 is 1.83 bits per heavy atom. The highest BCUT2D eigenvalue weighted by molar-refractivity contribution is 9.10. The third kappa shape index (κ3) is 6.00. The van der Waals surface area contributed by atoms with Crippen molar-refractivity contribution in [3.8, 4) is 11.5 Å². The van der Waals surface area contributed by atoms with E-state index < -0.39 is 0 Å².